The molecule has 114 valence electrons. The van der Waals surface area contributed by atoms with Gasteiger partial charge in [0.25, 0.3) is 0 Å². The molecule has 20 heavy (non-hydrogen) atoms. The van der Waals surface area contributed by atoms with Gasteiger partial charge in [0, 0.05) is 13.3 Å². The molecular formula is C17H28O3. The van der Waals surface area contributed by atoms with Crippen LogP contribution >= 0.6 is 0 Å². The van der Waals surface area contributed by atoms with Crippen LogP contribution in [0.1, 0.15) is 53.9 Å². The second-order valence-electron chi connectivity index (χ2n) is 6.42. The van der Waals surface area contributed by atoms with Crippen molar-refractivity contribution >= 4 is 5.97 Å². The van der Waals surface area contributed by atoms with Crippen LogP contribution in [0.4, 0.5) is 0 Å². The van der Waals surface area contributed by atoms with Crippen molar-refractivity contribution < 1.29 is 14.6 Å². The largest absolute Gasteiger partial charge is 0.459 e. The Morgan fingerprint density at radius 1 is 1.50 bits per heavy atom. The fourth-order valence-corrected chi connectivity index (χ4v) is 2.49. The number of esters is 1. The Hall–Kier alpha value is -1.09. The molecule has 0 amide bonds. The van der Waals surface area contributed by atoms with Crippen LogP contribution in [-0.4, -0.2) is 22.8 Å². The number of ether oxygens (including phenoxy) is 1. The first kappa shape index (κ1) is 17.0. The van der Waals surface area contributed by atoms with E-state index in [9.17, 15) is 9.90 Å². The lowest BCUT2D eigenvalue weighted by Gasteiger charge is -2.31. The Morgan fingerprint density at radius 2 is 2.15 bits per heavy atom. The molecule has 0 spiro atoms. The summed E-state index contributed by atoms with van der Waals surface area (Å²) in [6.45, 7) is 9.57. The summed E-state index contributed by atoms with van der Waals surface area (Å²) in [4.78, 5) is 11.2. The number of carbonyl (C=O) groups is 1. The van der Waals surface area contributed by atoms with Gasteiger partial charge in [-0.25, -0.2) is 0 Å². The minimum absolute atomic E-state index is 0.354. The van der Waals surface area contributed by atoms with Gasteiger partial charge in [-0.15, -0.1) is 0 Å². The van der Waals surface area contributed by atoms with Gasteiger partial charge in [0.2, 0.25) is 0 Å². The van der Waals surface area contributed by atoms with E-state index in [1.54, 1.807) is 13.0 Å². The standard InChI is InChI=1S/C17H28O3/c1-12(2)15-8-6-13(3)7-9-16(20-14(4)18)17(5,19)11-10-15/h7,10-12,15-16,19H,6,8-9H2,1-5H3. The van der Waals surface area contributed by atoms with Gasteiger partial charge >= 0.3 is 5.97 Å². The Morgan fingerprint density at radius 3 is 2.70 bits per heavy atom. The van der Waals surface area contributed by atoms with Crippen molar-refractivity contribution in [1.82, 2.24) is 0 Å². The molecule has 0 aromatic rings. The molecule has 1 rings (SSSR count). The highest BCUT2D eigenvalue weighted by Crippen LogP contribution is 2.27. The molecule has 1 aliphatic rings. The predicted molar refractivity (Wildman–Crippen MR) is 81.3 cm³/mol. The van der Waals surface area contributed by atoms with Crippen molar-refractivity contribution in [3.8, 4) is 0 Å². The summed E-state index contributed by atoms with van der Waals surface area (Å²) >= 11 is 0. The molecule has 0 aromatic heterocycles. The lowest BCUT2D eigenvalue weighted by atomic mass is 9.85. The van der Waals surface area contributed by atoms with Gasteiger partial charge in [-0.2, -0.15) is 0 Å². The summed E-state index contributed by atoms with van der Waals surface area (Å²) in [7, 11) is 0. The van der Waals surface area contributed by atoms with E-state index in [0.29, 0.717) is 18.3 Å². The molecule has 0 bridgehead atoms. The predicted octanol–water partition coefficient (Wildman–Crippen LogP) is 3.63. The van der Waals surface area contributed by atoms with Gasteiger partial charge in [0.05, 0.1) is 0 Å². The van der Waals surface area contributed by atoms with Crippen molar-refractivity contribution in [3.63, 3.8) is 0 Å². The molecule has 3 atom stereocenters. The molecule has 1 aliphatic carbocycles. The second kappa shape index (κ2) is 7.07. The van der Waals surface area contributed by atoms with Crippen molar-refractivity contribution in [2.24, 2.45) is 11.8 Å². The Labute approximate surface area is 122 Å². The van der Waals surface area contributed by atoms with E-state index in [2.05, 4.69) is 32.9 Å². The van der Waals surface area contributed by atoms with Gasteiger partial charge in [0.15, 0.2) is 0 Å². The Balaban J connectivity index is 3.02. The van der Waals surface area contributed by atoms with Crippen molar-refractivity contribution in [2.75, 3.05) is 0 Å². The number of rotatable bonds is 2. The van der Waals surface area contributed by atoms with Gasteiger partial charge < -0.3 is 9.84 Å². The van der Waals surface area contributed by atoms with Crippen LogP contribution < -0.4 is 0 Å². The zero-order valence-corrected chi connectivity index (χ0v) is 13.3. The van der Waals surface area contributed by atoms with Crippen molar-refractivity contribution in [1.29, 1.82) is 0 Å². The van der Waals surface area contributed by atoms with E-state index in [4.69, 9.17) is 4.74 Å². The van der Waals surface area contributed by atoms with Crippen LogP contribution in [0.15, 0.2) is 23.8 Å². The average molecular weight is 280 g/mol. The highest BCUT2D eigenvalue weighted by molar-refractivity contribution is 5.66. The smallest absolute Gasteiger partial charge is 0.303 e. The van der Waals surface area contributed by atoms with Crippen LogP contribution in [0.5, 0.6) is 0 Å². The maximum absolute atomic E-state index is 11.2. The van der Waals surface area contributed by atoms with E-state index in [1.807, 2.05) is 0 Å². The fraction of sp³-hybridized carbons (Fsp3) is 0.706. The molecule has 0 heterocycles. The Kier molecular flexibility index (Phi) is 6.00. The monoisotopic (exact) mass is 280 g/mol. The zero-order valence-electron chi connectivity index (χ0n) is 13.3. The lowest BCUT2D eigenvalue weighted by Crippen LogP contribution is -2.40. The topological polar surface area (TPSA) is 46.5 Å². The summed E-state index contributed by atoms with van der Waals surface area (Å²) in [6.07, 6.45) is 8.12. The molecule has 0 radical (unpaired) electrons. The van der Waals surface area contributed by atoms with E-state index in [-0.39, 0.29) is 5.97 Å². The summed E-state index contributed by atoms with van der Waals surface area (Å²) < 4.78 is 5.30. The third-order valence-corrected chi connectivity index (χ3v) is 4.05. The molecule has 0 aromatic carbocycles. The molecule has 0 saturated heterocycles. The van der Waals surface area contributed by atoms with Gasteiger partial charge in [-0.3, -0.25) is 4.79 Å². The number of hydrogen-bond donors (Lipinski definition) is 1. The third-order valence-electron chi connectivity index (χ3n) is 4.05. The minimum atomic E-state index is -1.13. The fourth-order valence-electron chi connectivity index (χ4n) is 2.49. The minimum Gasteiger partial charge on any atom is -0.459 e. The lowest BCUT2D eigenvalue weighted by molar-refractivity contribution is -0.156. The molecule has 0 saturated carbocycles. The van der Waals surface area contributed by atoms with Crippen LogP contribution in [0.25, 0.3) is 0 Å². The second-order valence-corrected chi connectivity index (χ2v) is 6.42. The van der Waals surface area contributed by atoms with E-state index in [0.717, 1.165) is 12.8 Å². The Bertz CT molecular complexity index is 391. The highest BCUT2D eigenvalue weighted by Gasteiger charge is 2.32. The molecule has 3 heteroatoms. The van der Waals surface area contributed by atoms with E-state index < -0.39 is 11.7 Å². The summed E-state index contributed by atoms with van der Waals surface area (Å²) in [6, 6.07) is 0. The summed E-state index contributed by atoms with van der Waals surface area (Å²) in [5.41, 5.74) is 0.159. The van der Waals surface area contributed by atoms with Gasteiger partial charge in [-0.1, -0.05) is 37.6 Å². The van der Waals surface area contributed by atoms with Crippen molar-refractivity contribution in [3.05, 3.63) is 23.8 Å². The molecule has 0 fully saturated rings. The molecule has 1 N–H and O–H groups in total. The molecule has 3 nitrogen and oxygen atoms in total. The number of allylic oxidation sites excluding steroid dienone is 2. The highest BCUT2D eigenvalue weighted by atomic mass is 16.6. The third kappa shape index (κ3) is 5.12. The normalized spacial score (nSPS) is 31.9. The number of carbonyl (C=O) groups excluding carboxylic acids is 1. The van der Waals surface area contributed by atoms with E-state index >= 15 is 0 Å². The SMILES string of the molecule is CC(=O)OC1CC=C(C)CCC(C(C)C)C=CC1(C)O. The van der Waals surface area contributed by atoms with E-state index in [1.165, 1.54) is 12.5 Å². The van der Waals surface area contributed by atoms with Gasteiger partial charge in [0.1, 0.15) is 11.7 Å². The summed E-state index contributed by atoms with van der Waals surface area (Å²) in [5, 5.41) is 10.6. The number of aliphatic hydroxyl groups is 1. The quantitative estimate of drug-likeness (QED) is 0.620. The van der Waals surface area contributed by atoms with Crippen LogP contribution in [0.2, 0.25) is 0 Å². The number of hydrogen-bond acceptors (Lipinski definition) is 3. The maximum atomic E-state index is 11.2. The summed E-state index contributed by atoms with van der Waals surface area (Å²) in [5.74, 6) is 0.606. The van der Waals surface area contributed by atoms with Gasteiger partial charge in [-0.05, 0) is 38.5 Å². The average Bonchev–Trinajstić information content (AvgIpc) is 2.32. The first-order valence-corrected chi connectivity index (χ1v) is 7.47. The first-order valence-electron chi connectivity index (χ1n) is 7.47. The van der Waals surface area contributed by atoms with Crippen LogP contribution in [0.3, 0.4) is 0 Å². The van der Waals surface area contributed by atoms with Crippen LogP contribution in [-0.2, 0) is 9.53 Å². The molecule has 0 aliphatic heterocycles. The van der Waals surface area contributed by atoms with Crippen LogP contribution in [0, 0.1) is 11.8 Å². The maximum Gasteiger partial charge on any atom is 0.303 e. The van der Waals surface area contributed by atoms with Crippen molar-refractivity contribution in [2.45, 2.75) is 65.6 Å². The molecular weight excluding hydrogens is 252 g/mol. The first-order chi connectivity index (χ1) is 9.22. The zero-order chi connectivity index (χ0) is 15.3. The molecule has 3 unspecified atom stereocenters.